The summed E-state index contributed by atoms with van der Waals surface area (Å²) >= 11 is 5.38. The Kier molecular flexibility index (Phi) is 4.98. The molecule has 0 atom stereocenters. The largest absolute Gasteiger partial charge is 0.393 e. The van der Waals surface area contributed by atoms with Crippen molar-refractivity contribution in [2.45, 2.75) is 39.0 Å². The van der Waals surface area contributed by atoms with Crippen molar-refractivity contribution in [3.63, 3.8) is 0 Å². The van der Waals surface area contributed by atoms with E-state index in [2.05, 4.69) is 16.7 Å². The normalized spacial score (nSPS) is 26.1. The molecule has 1 saturated carbocycles. The Bertz CT molecular complexity index is 279. The van der Waals surface area contributed by atoms with E-state index in [4.69, 9.17) is 18.0 Å². The van der Waals surface area contributed by atoms with E-state index in [9.17, 15) is 0 Å². The lowest BCUT2D eigenvalue weighted by molar-refractivity contribution is 0.0962. The summed E-state index contributed by atoms with van der Waals surface area (Å²) in [5.41, 5.74) is 6.21. The number of nitrogens with zero attached hydrogens (tertiary/aromatic N) is 2. The van der Waals surface area contributed by atoms with Crippen LogP contribution in [0.15, 0.2) is 0 Å². The van der Waals surface area contributed by atoms with E-state index in [1.54, 1.807) is 0 Å². The van der Waals surface area contributed by atoms with Crippen LogP contribution < -0.4 is 5.73 Å². The van der Waals surface area contributed by atoms with Crippen molar-refractivity contribution >= 4 is 17.2 Å². The Morgan fingerprint density at radius 3 is 2.11 bits per heavy atom. The molecule has 1 aliphatic carbocycles. The van der Waals surface area contributed by atoms with Gasteiger partial charge in [0, 0.05) is 38.1 Å². The molecule has 1 aliphatic heterocycles. The highest BCUT2D eigenvalue weighted by Gasteiger charge is 2.37. The Labute approximate surface area is 117 Å². The minimum absolute atomic E-state index is 0.141. The minimum atomic E-state index is 0.141. The zero-order valence-corrected chi connectivity index (χ0v) is 12.5. The molecule has 2 N–H and O–H groups in total. The standard InChI is InChI=1S/C14H27N3S/c1-2-16-8-10-17(11-9-16)12-14(13(15)18)6-4-3-5-7-14/h2-12H2,1H3,(H2,15,18). The molecular weight excluding hydrogens is 242 g/mol. The predicted molar refractivity (Wildman–Crippen MR) is 80.9 cm³/mol. The molecule has 4 heteroatoms. The van der Waals surface area contributed by atoms with E-state index < -0.39 is 0 Å². The van der Waals surface area contributed by atoms with Gasteiger partial charge in [0.05, 0.1) is 4.99 Å². The lowest BCUT2D eigenvalue weighted by Gasteiger charge is -2.43. The molecule has 0 radical (unpaired) electrons. The van der Waals surface area contributed by atoms with Crippen molar-refractivity contribution in [1.29, 1.82) is 0 Å². The summed E-state index contributed by atoms with van der Waals surface area (Å²) in [6, 6.07) is 0. The maximum Gasteiger partial charge on any atom is 0.0802 e. The van der Waals surface area contributed by atoms with Crippen LogP contribution in [0.2, 0.25) is 0 Å². The molecule has 0 spiro atoms. The van der Waals surface area contributed by atoms with Gasteiger partial charge in [0.1, 0.15) is 0 Å². The highest BCUT2D eigenvalue weighted by atomic mass is 32.1. The molecule has 0 amide bonds. The second-order valence-electron chi connectivity index (χ2n) is 5.92. The van der Waals surface area contributed by atoms with Gasteiger partial charge in [-0.25, -0.2) is 0 Å². The Morgan fingerprint density at radius 2 is 1.61 bits per heavy atom. The van der Waals surface area contributed by atoms with Crippen LogP contribution in [0.25, 0.3) is 0 Å². The Balaban J connectivity index is 1.91. The van der Waals surface area contributed by atoms with Gasteiger partial charge in [-0.2, -0.15) is 0 Å². The van der Waals surface area contributed by atoms with Crippen molar-refractivity contribution < 1.29 is 0 Å². The van der Waals surface area contributed by atoms with Crippen LogP contribution >= 0.6 is 12.2 Å². The summed E-state index contributed by atoms with van der Waals surface area (Å²) < 4.78 is 0. The van der Waals surface area contributed by atoms with E-state index in [-0.39, 0.29) is 5.41 Å². The molecule has 0 aromatic heterocycles. The van der Waals surface area contributed by atoms with Crippen LogP contribution in [0.5, 0.6) is 0 Å². The lowest BCUT2D eigenvalue weighted by atomic mass is 9.73. The molecule has 18 heavy (non-hydrogen) atoms. The molecule has 2 aliphatic rings. The second kappa shape index (κ2) is 6.31. The van der Waals surface area contributed by atoms with Crippen molar-refractivity contribution in [2.24, 2.45) is 11.1 Å². The summed E-state index contributed by atoms with van der Waals surface area (Å²) in [4.78, 5) is 5.86. The summed E-state index contributed by atoms with van der Waals surface area (Å²) in [6.07, 6.45) is 6.36. The van der Waals surface area contributed by atoms with Crippen LogP contribution in [0, 0.1) is 5.41 Å². The number of hydrogen-bond donors (Lipinski definition) is 1. The van der Waals surface area contributed by atoms with Gasteiger partial charge < -0.3 is 10.6 Å². The van der Waals surface area contributed by atoms with Gasteiger partial charge in [0.15, 0.2) is 0 Å². The fourth-order valence-corrected chi connectivity index (χ4v) is 3.67. The van der Waals surface area contributed by atoms with Crippen LogP contribution in [0.3, 0.4) is 0 Å². The molecule has 2 rings (SSSR count). The maximum atomic E-state index is 6.07. The minimum Gasteiger partial charge on any atom is -0.393 e. The van der Waals surface area contributed by atoms with Gasteiger partial charge in [-0.05, 0) is 19.4 Å². The van der Waals surface area contributed by atoms with E-state index >= 15 is 0 Å². The van der Waals surface area contributed by atoms with Crippen LogP contribution in [0.4, 0.5) is 0 Å². The molecule has 104 valence electrons. The first-order valence-electron chi connectivity index (χ1n) is 7.41. The third kappa shape index (κ3) is 3.22. The highest BCUT2D eigenvalue weighted by molar-refractivity contribution is 7.80. The molecule has 0 aromatic carbocycles. The molecule has 0 bridgehead atoms. The van der Waals surface area contributed by atoms with Gasteiger partial charge in [-0.3, -0.25) is 4.90 Å². The average molecular weight is 269 g/mol. The quantitative estimate of drug-likeness (QED) is 0.790. The van der Waals surface area contributed by atoms with E-state index in [0.29, 0.717) is 0 Å². The van der Waals surface area contributed by atoms with Gasteiger partial charge >= 0.3 is 0 Å². The summed E-state index contributed by atoms with van der Waals surface area (Å²) in [5.74, 6) is 0. The van der Waals surface area contributed by atoms with Gasteiger partial charge in [-0.1, -0.05) is 38.4 Å². The summed E-state index contributed by atoms with van der Waals surface area (Å²) in [7, 11) is 0. The van der Waals surface area contributed by atoms with Gasteiger partial charge in [-0.15, -0.1) is 0 Å². The molecule has 0 unspecified atom stereocenters. The average Bonchev–Trinajstić information content (AvgIpc) is 2.40. The fourth-order valence-electron chi connectivity index (χ4n) is 3.40. The van der Waals surface area contributed by atoms with Crippen molar-refractivity contribution in [1.82, 2.24) is 9.80 Å². The maximum absolute atomic E-state index is 6.07. The SMILES string of the molecule is CCN1CCN(CC2(C(N)=S)CCCCC2)CC1. The van der Waals surface area contributed by atoms with Crippen molar-refractivity contribution in [3.05, 3.63) is 0 Å². The molecule has 1 saturated heterocycles. The summed E-state index contributed by atoms with van der Waals surface area (Å²) in [6.45, 7) is 9.27. The van der Waals surface area contributed by atoms with E-state index in [1.807, 2.05) is 0 Å². The predicted octanol–water partition coefficient (Wildman–Crippen LogP) is 1.86. The Morgan fingerprint density at radius 1 is 1.06 bits per heavy atom. The number of thiocarbonyl (C=S) groups is 1. The zero-order chi connectivity index (χ0) is 13.0. The van der Waals surface area contributed by atoms with Crippen molar-refractivity contribution in [3.8, 4) is 0 Å². The third-order valence-corrected chi connectivity index (χ3v) is 5.20. The highest BCUT2D eigenvalue weighted by Crippen LogP contribution is 2.37. The molecule has 3 nitrogen and oxygen atoms in total. The summed E-state index contributed by atoms with van der Waals surface area (Å²) in [5, 5.41) is 0. The van der Waals surface area contributed by atoms with Gasteiger partial charge in [0.2, 0.25) is 0 Å². The van der Waals surface area contributed by atoms with Gasteiger partial charge in [0.25, 0.3) is 0 Å². The van der Waals surface area contributed by atoms with Crippen LogP contribution in [0.1, 0.15) is 39.0 Å². The number of rotatable bonds is 4. The first kappa shape index (κ1) is 14.2. The van der Waals surface area contributed by atoms with Crippen molar-refractivity contribution in [2.75, 3.05) is 39.3 Å². The van der Waals surface area contributed by atoms with Crippen LogP contribution in [-0.4, -0.2) is 54.1 Å². The number of nitrogens with two attached hydrogens (primary N) is 1. The lowest BCUT2D eigenvalue weighted by Crippen LogP contribution is -2.53. The number of hydrogen-bond acceptors (Lipinski definition) is 3. The molecule has 2 fully saturated rings. The second-order valence-corrected chi connectivity index (χ2v) is 6.36. The smallest absolute Gasteiger partial charge is 0.0802 e. The molecule has 0 aromatic rings. The van der Waals surface area contributed by atoms with Crippen LogP contribution in [-0.2, 0) is 0 Å². The fraction of sp³-hybridized carbons (Fsp3) is 0.929. The monoisotopic (exact) mass is 269 g/mol. The number of likely N-dealkylation sites (N-methyl/N-ethyl adjacent to an activating group) is 1. The first-order valence-corrected chi connectivity index (χ1v) is 7.82. The first-order chi connectivity index (χ1) is 8.66. The van der Waals surface area contributed by atoms with E-state index in [0.717, 1.165) is 11.5 Å². The zero-order valence-electron chi connectivity index (χ0n) is 11.7. The molecule has 1 heterocycles. The molecular formula is C14H27N3S. The number of piperazine rings is 1. The third-order valence-electron chi connectivity index (χ3n) is 4.77. The topological polar surface area (TPSA) is 32.5 Å². The Hall–Kier alpha value is -0.190. The van der Waals surface area contributed by atoms with E-state index in [1.165, 1.54) is 64.8 Å².